The van der Waals surface area contributed by atoms with Crippen LogP contribution in [0.4, 0.5) is 0 Å². The largest absolute Gasteiger partial charge is 0.481 e. The maximum Gasteiger partial charge on any atom is 0.309 e. The molecule has 0 saturated heterocycles. The van der Waals surface area contributed by atoms with Gasteiger partial charge >= 0.3 is 11.9 Å². The van der Waals surface area contributed by atoms with E-state index in [0.29, 0.717) is 12.8 Å². The number of carboxylic acids is 1. The van der Waals surface area contributed by atoms with Crippen molar-refractivity contribution in [2.24, 2.45) is 5.92 Å². The number of aliphatic hydroxyl groups is 1. The number of unbranched alkanes of at least 4 members (excludes halogenated alkanes) is 14. The van der Waals surface area contributed by atoms with Crippen LogP contribution in [0.15, 0.2) is 0 Å². The molecule has 0 bridgehead atoms. The Bertz CT molecular complexity index is 452. The van der Waals surface area contributed by atoms with Gasteiger partial charge < -0.3 is 14.9 Å². The summed E-state index contributed by atoms with van der Waals surface area (Å²) in [7, 11) is 0. The summed E-state index contributed by atoms with van der Waals surface area (Å²) in [6, 6.07) is 0. The zero-order chi connectivity index (χ0) is 24.6. The Morgan fingerprint density at radius 3 is 1.58 bits per heavy atom. The molecule has 0 aromatic carbocycles. The number of carbonyl (C=O) groups excluding carboxylic acids is 1. The Morgan fingerprint density at radius 1 is 0.636 bits per heavy atom. The minimum absolute atomic E-state index is 0.0243. The number of ether oxygens (including phenoxy) is 1. The van der Waals surface area contributed by atoms with Crippen molar-refractivity contribution in [2.75, 3.05) is 6.61 Å². The van der Waals surface area contributed by atoms with Gasteiger partial charge in [0.2, 0.25) is 0 Å². The van der Waals surface area contributed by atoms with E-state index in [2.05, 4.69) is 13.8 Å². The van der Waals surface area contributed by atoms with E-state index in [9.17, 15) is 14.7 Å². The fourth-order valence-corrected chi connectivity index (χ4v) is 4.27. The van der Waals surface area contributed by atoms with Gasteiger partial charge in [0.15, 0.2) is 0 Å². The van der Waals surface area contributed by atoms with Crippen LogP contribution >= 0.6 is 0 Å². The van der Waals surface area contributed by atoms with E-state index in [4.69, 9.17) is 9.84 Å². The predicted octanol–water partition coefficient (Wildman–Crippen LogP) is 7.82. The molecule has 0 spiro atoms. The molecule has 0 aromatic heterocycles. The molecule has 0 aliphatic heterocycles. The molecule has 33 heavy (non-hydrogen) atoms. The summed E-state index contributed by atoms with van der Waals surface area (Å²) in [6.45, 7) is 4.46. The predicted molar refractivity (Wildman–Crippen MR) is 136 cm³/mol. The smallest absolute Gasteiger partial charge is 0.309 e. The van der Waals surface area contributed by atoms with Gasteiger partial charge in [-0.15, -0.1) is 0 Å². The Hall–Kier alpha value is -1.10. The molecular weight excluding hydrogens is 416 g/mol. The second-order valence-corrected chi connectivity index (χ2v) is 9.79. The summed E-state index contributed by atoms with van der Waals surface area (Å²) in [4.78, 5) is 23.2. The number of esters is 1. The minimum atomic E-state index is -0.693. The average molecular weight is 471 g/mol. The van der Waals surface area contributed by atoms with Crippen LogP contribution in [0.2, 0.25) is 0 Å². The molecule has 5 nitrogen and oxygen atoms in total. The van der Waals surface area contributed by atoms with Crippen LogP contribution in [0, 0.1) is 5.92 Å². The second-order valence-electron chi connectivity index (χ2n) is 9.79. The van der Waals surface area contributed by atoms with Gasteiger partial charge in [-0.05, 0) is 25.7 Å². The molecule has 0 rings (SSSR count). The molecule has 5 heteroatoms. The first-order valence-electron chi connectivity index (χ1n) is 14.1. The van der Waals surface area contributed by atoms with E-state index in [1.807, 2.05) is 0 Å². The topological polar surface area (TPSA) is 83.8 Å². The molecule has 0 saturated carbocycles. The van der Waals surface area contributed by atoms with Crippen molar-refractivity contribution in [3.8, 4) is 0 Å². The van der Waals surface area contributed by atoms with Gasteiger partial charge in [0.05, 0.1) is 12.0 Å². The van der Waals surface area contributed by atoms with Gasteiger partial charge in [-0.1, -0.05) is 117 Å². The summed E-state index contributed by atoms with van der Waals surface area (Å²) in [5.74, 6) is -0.828. The Morgan fingerprint density at radius 2 is 1.09 bits per heavy atom. The molecular formula is C28H54O5. The molecule has 0 aliphatic carbocycles. The summed E-state index contributed by atoms with van der Waals surface area (Å²) in [5, 5.41) is 18.6. The molecule has 0 radical (unpaired) electrons. The molecule has 0 aromatic rings. The summed E-state index contributed by atoms with van der Waals surface area (Å²) < 4.78 is 5.49. The number of aliphatic carboxylic acids is 1. The number of rotatable bonds is 25. The fourth-order valence-electron chi connectivity index (χ4n) is 4.27. The van der Waals surface area contributed by atoms with Crippen molar-refractivity contribution in [1.82, 2.24) is 0 Å². The molecule has 196 valence electrons. The first-order chi connectivity index (χ1) is 16.0. The SMILES string of the molecule is CCCCCCCCC(CCCCCCCCCCCC(=O)O)C(=O)OCC(O)CCCC. The lowest BCUT2D eigenvalue weighted by atomic mass is 9.94. The first kappa shape index (κ1) is 31.9. The molecule has 2 N–H and O–H groups in total. The van der Waals surface area contributed by atoms with Crippen LogP contribution < -0.4 is 0 Å². The number of hydrogen-bond donors (Lipinski definition) is 2. The van der Waals surface area contributed by atoms with E-state index in [-0.39, 0.29) is 18.5 Å². The third-order valence-electron chi connectivity index (χ3n) is 6.49. The lowest BCUT2D eigenvalue weighted by molar-refractivity contribution is -0.152. The van der Waals surface area contributed by atoms with Crippen LogP contribution in [0.5, 0.6) is 0 Å². The van der Waals surface area contributed by atoms with E-state index < -0.39 is 12.1 Å². The van der Waals surface area contributed by atoms with Crippen LogP contribution in [0.3, 0.4) is 0 Å². The number of aliphatic hydroxyl groups excluding tert-OH is 1. The van der Waals surface area contributed by atoms with Crippen LogP contribution in [0.1, 0.15) is 149 Å². The van der Waals surface area contributed by atoms with E-state index >= 15 is 0 Å². The maximum atomic E-state index is 12.7. The summed E-state index contributed by atoms with van der Waals surface area (Å²) in [6.07, 6.45) is 21.6. The monoisotopic (exact) mass is 470 g/mol. The van der Waals surface area contributed by atoms with Gasteiger partial charge in [-0.25, -0.2) is 0 Å². The number of carbonyl (C=O) groups is 2. The molecule has 0 aliphatic rings. The van der Waals surface area contributed by atoms with Gasteiger partial charge in [-0.3, -0.25) is 9.59 Å². The fraction of sp³-hybridized carbons (Fsp3) is 0.929. The van der Waals surface area contributed by atoms with Crippen LogP contribution in [-0.2, 0) is 14.3 Å². The minimum Gasteiger partial charge on any atom is -0.481 e. The van der Waals surface area contributed by atoms with Crippen molar-refractivity contribution < 1.29 is 24.5 Å². The normalized spacial score (nSPS) is 13.1. The van der Waals surface area contributed by atoms with Gasteiger partial charge in [0.25, 0.3) is 0 Å². The third-order valence-corrected chi connectivity index (χ3v) is 6.49. The lowest BCUT2D eigenvalue weighted by Crippen LogP contribution is -2.24. The highest BCUT2D eigenvalue weighted by Gasteiger charge is 2.20. The Kier molecular flexibility index (Phi) is 23.2. The van der Waals surface area contributed by atoms with Crippen molar-refractivity contribution in [2.45, 2.75) is 155 Å². The van der Waals surface area contributed by atoms with Crippen molar-refractivity contribution in [3.05, 3.63) is 0 Å². The van der Waals surface area contributed by atoms with Gasteiger partial charge in [-0.2, -0.15) is 0 Å². The highest BCUT2D eigenvalue weighted by atomic mass is 16.5. The van der Waals surface area contributed by atoms with Crippen molar-refractivity contribution >= 4 is 11.9 Å². The van der Waals surface area contributed by atoms with E-state index in [0.717, 1.165) is 64.2 Å². The molecule has 0 amide bonds. The van der Waals surface area contributed by atoms with Crippen molar-refractivity contribution in [3.63, 3.8) is 0 Å². The van der Waals surface area contributed by atoms with E-state index in [1.165, 1.54) is 57.8 Å². The summed E-state index contributed by atoms with van der Waals surface area (Å²) >= 11 is 0. The molecule has 0 heterocycles. The lowest BCUT2D eigenvalue weighted by Gasteiger charge is -2.18. The maximum absolute atomic E-state index is 12.7. The van der Waals surface area contributed by atoms with Crippen LogP contribution in [-0.4, -0.2) is 34.9 Å². The Labute approximate surface area is 204 Å². The number of hydrogen-bond acceptors (Lipinski definition) is 4. The zero-order valence-corrected chi connectivity index (χ0v) is 21.8. The highest BCUT2D eigenvalue weighted by Crippen LogP contribution is 2.21. The van der Waals surface area contributed by atoms with Gasteiger partial charge in [0.1, 0.15) is 6.61 Å². The summed E-state index contributed by atoms with van der Waals surface area (Å²) in [5.41, 5.74) is 0. The first-order valence-corrected chi connectivity index (χ1v) is 14.1. The second kappa shape index (κ2) is 24.0. The van der Waals surface area contributed by atoms with Crippen molar-refractivity contribution in [1.29, 1.82) is 0 Å². The molecule has 2 atom stereocenters. The number of carboxylic acid groups (broad SMARTS) is 1. The van der Waals surface area contributed by atoms with E-state index in [1.54, 1.807) is 0 Å². The van der Waals surface area contributed by atoms with Crippen LogP contribution in [0.25, 0.3) is 0 Å². The zero-order valence-electron chi connectivity index (χ0n) is 21.8. The highest BCUT2D eigenvalue weighted by molar-refractivity contribution is 5.72. The van der Waals surface area contributed by atoms with Gasteiger partial charge in [0, 0.05) is 6.42 Å². The molecule has 0 fully saturated rings. The Balaban J connectivity index is 4.06. The quantitative estimate of drug-likeness (QED) is 0.105. The average Bonchev–Trinajstić information content (AvgIpc) is 2.80. The standard InChI is InChI=1S/C28H54O5/c1-3-5-7-8-14-17-20-25(28(32)33-24-26(29)22-6-4-2)21-18-15-12-10-9-11-13-16-19-23-27(30)31/h25-26,29H,3-24H2,1-2H3,(H,30,31). The molecule has 2 unspecified atom stereocenters. The third kappa shape index (κ3) is 22.5.